The van der Waals surface area contributed by atoms with E-state index in [4.69, 9.17) is 11.6 Å². The average Bonchev–Trinajstić information content (AvgIpc) is 2.74. The van der Waals surface area contributed by atoms with Crippen LogP contribution in [0.4, 0.5) is 11.4 Å². The predicted molar refractivity (Wildman–Crippen MR) is 131 cm³/mol. The molecule has 0 unspecified atom stereocenters. The Morgan fingerprint density at radius 1 is 0.633 bits per heavy atom. The van der Waals surface area contributed by atoms with Crippen LogP contribution in [0.5, 0.6) is 0 Å². The van der Waals surface area contributed by atoms with Gasteiger partial charge in [-0.3, -0.25) is 0 Å². The van der Waals surface area contributed by atoms with E-state index in [1.54, 1.807) is 0 Å². The van der Waals surface area contributed by atoms with Gasteiger partial charge in [0.1, 0.15) is 0 Å². The second-order valence-electron chi connectivity index (χ2n) is 8.56. The Hall–Kier alpha value is -3.03. The third-order valence-corrected chi connectivity index (χ3v) is 5.49. The third kappa shape index (κ3) is 4.42. The smallest absolute Gasteiger partial charge is 0.0543 e. The molecular weight excluding hydrogens is 386 g/mol. The van der Waals surface area contributed by atoms with E-state index < -0.39 is 0 Å². The summed E-state index contributed by atoms with van der Waals surface area (Å²) in [5, 5.41) is 4.45. The highest BCUT2D eigenvalue weighted by atomic mass is 35.5. The normalized spacial score (nSPS) is 11.3. The molecule has 0 bridgehead atoms. The summed E-state index contributed by atoms with van der Waals surface area (Å²) in [7, 11) is 0. The Morgan fingerprint density at radius 3 is 1.67 bits per heavy atom. The van der Waals surface area contributed by atoms with Gasteiger partial charge >= 0.3 is 0 Å². The van der Waals surface area contributed by atoms with Gasteiger partial charge in [0.05, 0.1) is 5.69 Å². The van der Waals surface area contributed by atoms with Gasteiger partial charge in [0, 0.05) is 21.8 Å². The van der Waals surface area contributed by atoms with E-state index in [1.807, 2.05) is 24.3 Å². The quantitative estimate of drug-likeness (QED) is 0.354. The summed E-state index contributed by atoms with van der Waals surface area (Å²) < 4.78 is 0. The zero-order valence-corrected chi connectivity index (χ0v) is 18.4. The lowest BCUT2D eigenvalue weighted by molar-refractivity contribution is 0.590. The summed E-state index contributed by atoms with van der Waals surface area (Å²) in [5.41, 5.74) is 7.97. The number of para-hydroxylation sites is 1. The zero-order chi connectivity index (χ0) is 21.1. The molecule has 0 aliphatic rings. The third-order valence-electron chi connectivity index (χ3n) is 5.27. The van der Waals surface area contributed by atoms with Crippen LogP contribution in [0.25, 0.3) is 22.3 Å². The molecule has 0 heterocycles. The highest BCUT2D eigenvalue weighted by Gasteiger charge is 2.17. The zero-order valence-electron chi connectivity index (χ0n) is 17.6. The molecule has 150 valence electrons. The van der Waals surface area contributed by atoms with Gasteiger partial charge in [-0.25, -0.2) is 0 Å². The van der Waals surface area contributed by atoms with Crippen molar-refractivity contribution in [1.29, 1.82) is 0 Å². The first kappa shape index (κ1) is 20.3. The van der Waals surface area contributed by atoms with Crippen molar-refractivity contribution in [3.05, 3.63) is 108 Å². The summed E-state index contributed by atoms with van der Waals surface area (Å²) in [6, 6.07) is 33.7. The van der Waals surface area contributed by atoms with Crippen LogP contribution in [-0.4, -0.2) is 0 Å². The maximum atomic E-state index is 6.50. The van der Waals surface area contributed by atoms with Crippen LogP contribution in [0.15, 0.2) is 97.1 Å². The summed E-state index contributed by atoms with van der Waals surface area (Å²) in [6.07, 6.45) is 0. The van der Waals surface area contributed by atoms with Crippen molar-refractivity contribution in [2.45, 2.75) is 26.2 Å². The van der Waals surface area contributed by atoms with E-state index in [0.29, 0.717) is 0 Å². The molecule has 0 aliphatic carbocycles. The van der Waals surface area contributed by atoms with Crippen LogP contribution < -0.4 is 5.32 Å². The van der Waals surface area contributed by atoms with Gasteiger partial charge in [0.25, 0.3) is 0 Å². The minimum Gasteiger partial charge on any atom is -0.354 e. The predicted octanol–water partition coefficient (Wildman–Crippen LogP) is 8.72. The molecule has 0 saturated carbocycles. The van der Waals surface area contributed by atoms with Crippen LogP contribution in [0.2, 0.25) is 5.02 Å². The Labute approximate surface area is 184 Å². The number of anilines is 2. The Bertz CT molecular complexity index is 1080. The average molecular weight is 412 g/mol. The van der Waals surface area contributed by atoms with Crippen molar-refractivity contribution in [2.24, 2.45) is 0 Å². The van der Waals surface area contributed by atoms with Crippen LogP contribution >= 0.6 is 11.6 Å². The molecule has 4 rings (SSSR count). The van der Waals surface area contributed by atoms with Crippen molar-refractivity contribution >= 4 is 23.0 Å². The molecule has 4 aromatic rings. The SMILES string of the molecule is CC(C)(C)c1cc(Cl)cc(Nc2c(-c3ccccc3)cccc2-c2ccccc2)c1. The summed E-state index contributed by atoms with van der Waals surface area (Å²) in [6.45, 7) is 6.61. The van der Waals surface area contributed by atoms with Crippen molar-refractivity contribution in [2.75, 3.05) is 5.32 Å². The van der Waals surface area contributed by atoms with Crippen LogP contribution in [0.1, 0.15) is 26.3 Å². The van der Waals surface area contributed by atoms with E-state index in [-0.39, 0.29) is 5.41 Å². The van der Waals surface area contributed by atoms with E-state index in [1.165, 1.54) is 16.7 Å². The molecule has 0 saturated heterocycles. The van der Waals surface area contributed by atoms with Crippen molar-refractivity contribution in [3.8, 4) is 22.3 Å². The Balaban J connectivity index is 1.89. The number of benzene rings is 4. The minimum absolute atomic E-state index is 0.0164. The lowest BCUT2D eigenvalue weighted by atomic mass is 9.87. The summed E-state index contributed by atoms with van der Waals surface area (Å²) >= 11 is 6.50. The molecular formula is C28H26ClN. The van der Waals surface area contributed by atoms with E-state index in [0.717, 1.165) is 27.5 Å². The topological polar surface area (TPSA) is 12.0 Å². The van der Waals surface area contributed by atoms with E-state index in [2.05, 4.69) is 98.9 Å². The molecule has 1 nitrogen and oxygen atoms in total. The van der Waals surface area contributed by atoms with E-state index in [9.17, 15) is 0 Å². The number of hydrogen-bond donors (Lipinski definition) is 1. The lowest BCUT2D eigenvalue weighted by Gasteiger charge is -2.22. The van der Waals surface area contributed by atoms with Gasteiger partial charge in [0.2, 0.25) is 0 Å². The highest BCUT2D eigenvalue weighted by molar-refractivity contribution is 6.31. The largest absolute Gasteiger partial charge is 0.354 e. The molecule has 0 amide bonds. The fraction of sp³-hybridized carbons (Fsp3) is 0.143. The lowest BCUT2D eigenvalue weighted by Crippen LogP contribution is -2.11. The minimum atomic E-state index is 0.0164. The van der Waals surface area contributed by atoms with Gasteiger partial charge in [-0.2, -0.15) is 0 Å². The fourth-order valence-corrected chi connectivity index (χ4v) is 3.88. The maximum Gasteiger partial charge on any atom is 0.0543 e. The summed E-state index contributed by atoms with van der Waals surface area (Å²) in [4.78, 5) is 0. The first-order valence-corrected chi connectivity index (χ1v) is 10.6. The number of hydrogen-bond acceptors (Lipinski definition) is 1. The number of nitrogens with one attached hydrogen (secondary N) is 1. The Morgan fingerprint density at radius 2 is 1.17 bits per heavy atom. The van der Waals surface area contributed by atoms with Crippen molar-refractivity contribution in [3.63, 3.8) is 0 Å². The molecule has 0 aromatic heterocycles. The standard InChI is InChI=1S/C28H26ClN/c1-28(2,3)22-17-23(29)19-24(18-22)30-27-25(20-11-6-4-7-12-20)15-10-16-26(27)21-13-8-5-9-14-21/h4-19,30H,1-3H3. The molecule has 2 heteroatoms. The van der Waals surface area contributed by atoms with Crippen LogP contribution in [-0.2, 0) is 5.41 Å². The molecule has 0 radical (unpaired) electrons. The first-order chi connectivity index (χ1) is 14.4. The second-order valence-corrected chi connectivity index (χ2v) is 9.00. The molecule has 0 atom stereocenters. The van der Waals surface area contributed by atoms with Crippen LogP contribution in [0, 0.1) is 0 Å². The molecule has 30 heavy (non-hydrogen) atoms. The monoisotopic (exact) mass is 411 g/mol. The van der Waals surface area contributed by atoms with Gasteiger partial charge in [-0.05, 0) is 40.3 Å². The van der Waals surface area contributed by atoms with Gasteiger partial charge in [0.15, 0.2) is 0 Å². The van der Waals surface area contributed by atoms with E-state index >= 15 is 0 Å². The number of rotatable bonds is 4. The van der Waals surface area contributed by atoms with Crippen LogP contribution in [0.3, 0.4) is 0 Å². The van der Waals surface area contributed by atoms with Gasteiger partial charge in [-0.1, -0.05) is 111 Å². The fourth-order valence-electron chi connectivity index (χ4n) is 3.64. The molecule has 1 N–H and O–H groups in total. The van der Waals surface area contributed by atoms with Gasteiger partial charge in [-0.15, -0.1) is 0 Å². The van der Waals surface area contributed by atoms with Gasteiger partial charge < -0.3 is 5.32 Å². The second kappa shape index (κ2) is 8.38. The molecule has 4 aromatic carbocycles. The molecule has 0 fully saturated rings. The highest BCUT2D eigenvalue weighted by Crippen LogP contribution is 2.40. The van der Waals surface area contributed by atoms with Crippen molar-refractivity contribution < 1.29 is 0 Å². The number of halogens is 1. The molecule has 0 spiro atoms. The summed E-state index contributed by atoms with van der Waals surface area (Å²) in [5.74, 6) is 0. The van der Waals surface area contributed by atoms with Crippen molar-refractivity contribution in [1.82, 2.24) is 0 Å². The maximum absolute atomic E-state index is 6.50. The Kier molecular flexibility index (Phi) is 5.65. The first-order valence-electron chi connectivity index (χ1n) is 10.2. The molecule has 0 aliphatic heterocycles.